The second kappa shape index (κ2) is 4.16. The Kier molecular flexibility index (Phi) is 2.97. The molecule has 0 saturated carbocycles. The van der Waals surface area contributed by atoms with Gasteiger partial charge < -0.3 is 10.5 Å². The third-order valence-electron chi connectivity index (χ3n) is 2.54. The molecule has 0 atom stereocenters. The lowest BCUT2D eigenvalue weighted by Crippen LogP contribution is -2.10. The Hall–Kier alpha value is -1.33. The summed E-state index contributed by atoms with van der Waals surface area (Å²) >= 11 is 0. The maximum absolute atomic E-state index is 12.1. The molecule has 0 aromatic heterocycles. The van der Waals surface area contributed by atoms with Crippen molar-refractivity contribution in [2.24, 2.45) is 0 Å². The fraction of sp³-hybridized carbons (Fsp3) is 0.333. The van der Waals surface area contributed by atoms with Crippen LogP contribution in [-0.2, 0) is 14.6 Å². The van der Waals surface area contributed by atoms with Crippen LogP contribution < -0.4 is 5.73 Å². The Morgan fingerprint density at radius 2 is 2.06 bits per heavy atom. The van der Waals surface area contributed by atoms with E-state index in [1.807, 2.05) is 13.8 Å². The molecular formula is C12H15NO3S. The summed E-state index contributed by atoms with van der Waals surface area (Å²) in [5.74, 6) is 0. The maximum Gasteiger partial charge on any atom is 0.205 e. The average Bonchev–Trinajstić information content (AvgIpc) is 2.46. The molecule has 1 aromatic rings. The molecule has 0 spiro atoms. The molecule has 17 heavy (non-hydrogen) atoms. The van der Waals surface area contributed by atoms with Gasteiger partial charge >= 0.3 is 0 Å². The number of rotatable bonds is 3. The average molecular weight is 253 g/mol. The SMILES string of the molecule is CC(C)OCC1=Cc2cc(N)ccc2S1(=O)=O. The molecule has 0 saturated heterocycles. The van der Waals surface area contributed by atoms with E-state index in [1.54, 1.807) is 24.3 Å². The zero-order valence-corrected chi connectivity index (χ0v) is 10.6. The van der Waals surface area contributed by atoms with Crippen molar-refractivity contribution in [3.63, 3.8) is 0 Å². The summed E-state index contributed by atoms with van der Waals surface area (Å²) in [5.41, 5.74) is 6.83. The molecule has 0 unspecified atom stereocenters. The minimum absolute atomic E-state index is 0.000110. The van der Waals surface area contributed by atoms with Gasteiger partial charge in [0.05, 0.1) is 22.5 Å². The first-order chi connectivity index (χ1) is 7.91. The number of benzene rings is 1. The molecule has 0 bridgehead atoms. The molecular weight excluding hydrogens is 238 g/mol. The van der Waals surface area contributed by atoms with Gasteiger partial charge in [-0.25, -0.2) is 8.42 Å². The van der Waals surface area contributed by atoms with E-state index >= 15 is 0 Å². The van der Waals surface area contributed by atoms with Gasteiger partial charge in [-0.2, -0.15) is 0 Å². The van der Waals surface area contributed by atoms with E-state index in [4.69, 9.17) is 10.5 Å². The summed E-state index contributed by atoms with van der Waals surface area (Å²) < 4.78 is 29.6. The lowest BCUT2D eigenvalue weighted by Gasteiger charge is -2.08. The minimum Gasteiger partial charge on any atom is -0.399 e. The van der Waals surface area contributed by atoms with Crippen molar-refractivity contribution < 1.29 is 13.2 Å². The van der Waals surface area contributed by atoms with Crippen LogP contribution in [0, 0.1) is 0 Å². The summed E-state index contributed by atoms with van der Waals surface area (Å²) in [6, 6.07) is 4.80. The van der Waals surface area contributed by atoms with Gasteiger partial charge in [-0.1, -0.05) is 0 Å². The van der Waals surface area contributed by atoms with Gasteiger partial charge in [-0.15, -0.1) is 0 Å². The molecule has 92 valence electrons. The van der Waals surface area contributed by atoms with Gasteiger partial charge in [0, 0.05) is 5.69 Å². The lowest BCUT2D eigenvalue weighted by molar-refractivity contribution is 0.101. The van der Waals surface area contributed by atoms with E-state index in [1.165, 1.54) is 0 Å². The topological polar surface area (TPSA) is 69.4 Å². The largest absolute Gasteiger partial charge is 0.399 e. The molecule has 1 heterocycles. The molecule has 1 aliphatic heterocycles. The fourth-order valence-electron chi connectivity index (χ4n) is 1.68. The first-order valence-electron chi connectivity index (χ1n) is 5.38. The van der Waals surface area contributed by atoms with Crippen molar-refractivity contribution >= 4 is 21.6 Å². The number of fused-ring (bicyclic) bond motifs is 1. The number of sulfone groups is 1. The molecule has 0 aliphatic carbocycles. The van der Waals surface area contributed by atoms with Crippen LogP contribution >= 0.6 is 0 Å². The Balaban J connectivity index is 2.37. The number of nitrogen functional groups attached to an aromatic ring is 1. The summed E-state index contributed by atoms with van der Waals surface area (Å²) in [5, 5.41) is 0. The summed E-state index contributed by atoms with van der Waals surface area (Å²) in [4.78, 5) is 0.612. The standard InChI is InChI=1S/C12H15NO3S/c1-8(2)16-7-11-6-9-5-10(13)3-4-12(9)17(11,14)15/h3-6,8H,7,13H2,1-2H3. The number of hydrogen-bond acceptors (Lipinski definition) is 4. The third-order valence-corrected chi connectivity index (χ3v) is 4.42. The van der Waals surface area contributed by atoms with E-state index in [-0.39, 0.29) is 12.7 Å². The molecule has 2 N–H and O–H groups in total. The van der Waals surface area contributed by atoms with Crippen LogP contribution in [0.3, 0.4) is 0 Å². The smallest absolute Gasteiger partial charge is 0.205 e. The van der Waals surface area contributed by atoms with Crippen molar-refractivity contribution in [3.05, 3.63) is 28.7 Å². The van der Waals surface area contributed by atoms with Crippen LogP contribution in [0.1, 0.15) is 19.4 Å². The van der Waals surface area contributed by atoms with Gasteiger partial charge in [0.15, 0.2) is 0 Å². The summed E-state index contributed by atoms with van der Waals surface area (Å²) in [6.45, 7) is 3.84. The highest BCUT2D eigenvalue weighted by molar-refractivity contribution is 7.95. The molecule has 0 amide bonds. The van der Waals surface area contributed by atoms with Crippen molar-refractivity contribution in [1.82, 2.24) is 0 Å². The Bertz CT molecular complexity index is 573. The van der Waals surface area contributed by atoms with Gasteiger partial charge in [0.1, 0.15) is 0 Å². The number of anilines is 1. The molecule has 0 radical (unpaired) electrons. The van der Waals surface area contributed by atoms with Gasteiger partial charge in [-0.05, 0) is 43.7 Å². The van der Waals surface area contributed by atoms with Gasteiger partial charge in [0.2, 0.25) is 9.84 Å². The van der Waals surface area contributed by atoms with Crippen LogP contribution in [-0.4, -0.2) is 21.1 Å². The van der Waals surface area contributed by atoms with E-state index in [9.17, 15) is 8.42 Å². The zero-order chi connectivity index (χ0) is 12.6. The van der Waals surface area contributed by atoms with E-state index < -0.39 is 9.84 Å². The first-order valence-corrected chi connectivity index (χ1v) is 6.86. The van der Waals surface area contributed by atoms with E-state index in [0.717, 1.165) is 0 Å². The van der Waals surface area contributed by atoms with E-state index in [0.29, 0.717) is 21.1 Å². The lowest BCUT2D eigenvalue weighted by atomic mass is 10.2. The highest BCUT2D eigenvalue weighted by Crippen LogP contribution is 2.33. The molecule has 1 aromatic carbocycles. The zero-order valence-electron chi connectivity index (χ0n) is 9.80. The van der Waals surface area contributed by atoms with Crippen molar-refractivity contribution in [1.29, 1.82) is 0 Å². The second-order valence-electron chi connectivity index (χ2n) is 4.27. The van der Waals surface area contributed by atoms with Crippen LogP contribution in [0.15, 0.2) is 28.0 Å². The van der Waals surface area contributed by atoms with Crippen LogP contribution in [0.25, 0.3) is 6.08 Å². The maximum atomic E-state index is 12.1. The quantitative estimate of drug-likeness (QED) is 0.834. The van der Waals surface area contributed by atoms with Crippen molar-refractivity contribution in [2.75, 3.05) is 12.3 Å². The first kappa shape index (κ1) is 12.1. The molecule has 5 heteroatoms. The van der Waals surface area contributed by atoms with Crippen molar-refractivity contribution in [2.45, 2.75) is 24.8 Å². The minimum atomic E-state index is -3.38. The monoisotopic (exact) mass is 253 g/mol. The summed E-state index contributed by atoms with van der Waals surface area (Å²) in [7, 11) is -3.38. The predicted octanol–water partition coefficient (Wildman–Crippen LogP) is 1.82. The molecule has 1 aliphatic rings. The molecule has 0 fully saturated rings. The highest BCUT2D eigenvalue weighted by atomic mass is 32.2. The fourth-order valence-corrected chi connectivity index (χ4v) is 3.15. The van der Waals surface area contributed by atoms with Crippen LogP contribution in [0.2, 0.25) is 0 Å². The van der Waals surface area contributed by atoms with Crippen molar-refractivity contribution in [3.8, 4) is 0 Å². The second-order valence-corrected chi connectivity index (χ2v) is 6.24. The third kappa shape index (κ3) is 2.21. The van der Waals surface area contributed by atoms with Gasteiger partial charge in [-0.3, -0.25) is 0 Å². The predicted molar refractivity (Wildman–Crippen MR) is 67.1 cm³/mol. The number of nitrogens with two attached hydrogens (primary N) is 1. The normalized spacial score (nSPS) is 17.0. The Morgan fingerprint density at radius 1 is 1.35 bits per heavy atom. The number of ether oxygens (including phenoxy) is 1. The van der Waals surface area contributed by atoms with Gasteiger partial charge in [0.25, 0.3) is 0 Å². The summed E-state index contributed by atoms with van der Waals surface area (Å²) in [6.07, 6.45) is 1.63. The molecule has 2 rings (SSSR count). The number of hydrogen-bond donors (Lipinski definition) is 1. The van der Waals surface area contributed by atoms with Crippen LogP contribution in [0.5, 0.6) is 0 Å². The Morgan fingerprint density at radius 3 is 2.71 bits per heavy atom. The van der Waals surface area contributed by atoms with E-state index in [2.05, 4.69) is 0 Å². The Labute approximate surface area is 101 Å². The van der Waals surface area contributed by atoms with Crippen LogP contribution in [0.4, 0.5) is 5.69 Å². The molecule has 4 nitrogen and oxygen atoms in total. The highest BCUT2D eigenvalue weighted by Gasteiger charge is 2.29.